The summed E-state index contributed by atoms with van der Waals surface area (Å²) in [6.07, 6.45) is 4.21. The fourth-order valence-corrected chi connectivity index (χ4v) is 2.20. The van der Waals surface area contributed by atoms with Gasteiger partial charge in [-0.2, -0.15) is 5.10 Å². The van der Waals surface area contributed by atoms with Crippen molar-refractivity contribution < 1.29 is 0 Å². The van der Waals surface area contributed by atoms with E-state index < -0.39 is 0 Å². The Labute approximate surface area is 89.3 Å². The summed E-state index contributed by atoms with van der Waals surface area (Å²) in [5, 5.41) is 6.40. The second-order valence-corrected chi connectivity index (χ2v) is 4.03. The smallest absolute Gasteiger partial charge is 0.154 e. The van der Waals surface area contributed by atoms with Crippen LogP contribution in [0.2, 0.25) is 0 Å². The topological polar surface area (TPSA) is 18.8 Å². The highest BCUT2D eigenvalue weighted by atomic mass is 15.6. The maximum absolute atomic E-state index is 4.44. The summed E-state index contributed by atoms with van der Waals surface area (Å²) < 4.78 is 0. The van der Waals surface area contributed by atoms with Gasteiger partial charge in [0.05, 0.1) is 5.69 Å². The van der Waals surface area contributed by atoms with E-state index in [0.29, 0.717) is 0 Å². The zero-order valence-corrected chi connectivity index (χ0v) is 8.94. The SMILES string of the molecule is Cc1cccc2c1N1CN(C)N=C1C=C2. The largest absolute Gasteiger partial charge is 0.304 e. The minimum Gasteiger partial charge on any atom is -0.304 e. The summed E-state index contributed by atoms with van der Waals surface area (Å²) in [5.74, 6) is 1.04. The summed E-state index contributed by atoms with van der Waals surface area (Å²) in [4.78, 5) is 2.25. The maximum atomic E-state index is 4.44. The number of nitrogens with zero attached hydrogens (tertiary/aromatic N) is 3. The molecule has 2 aliphatic rings. The average Bonchev–Trinajstić information content (AvgIpc) is 2.58. The van der Waals surface area contributed by atoms with Gasteiger partial charge in [-0.3, -0.25) is 5.01 Å². The van der Waals surface area contributed by atoms with Crippen LogP contribution in [0, 0.1) is 6.92 Å². The van der Waals surface area contributed by atoms with Gasteiger partial charge in [-0.25, -0.2) is 0 Å². The minimum absolute atomic E-state index is 0.845. The fourth-order valence-electron chi connectivity index (χ4n) is 2.20. The Morgan fingerprint density at radius 2 is 2.13 bits per heavy atom. The standard InChI is InChI=1S/C12H13N3/c1-9-4-3-5-10-6-7-11-13-14(2)8-15(11)12(9)10/h3-7H,8H2,1-2H3. The lowest BCUT2D eigenvalue weighted by Crippen LogP contribution is -2.31. The number of amidine groups is 1. The summed E-state index contributed by atoms with van der Waals surface area (Å²) in [6, 6.07) is 6.39. The van der Waals surface area contributed by atoms with Crippen molar-refractivity contribution in [2.75, 3.05) is 18.6 Å². The lowest BCUT2D eigenvalue weighted by atomic mass is 10.0. The molecule has 3 rings (SSSR count). The summed E-state index contributed by atoms with van der Waals surface area (Å²) >= 11 is 0. The molecule has 0 amide bonds. The molecule has 76 valence electrons. The van der Waals surface area contributed by atoms with Crippen LogP contribution in [0.4, 0.5) is 5.69 Å². The molecule has 0 saturated heterocycles. The van der Waals surface area contributed by atoms with Crippen LogP contribution in [0.5, 0.6) is 0 Å². The molecule has 0 unspecified atom stereocenters. The lowest BCUT2D eigenvalue weighted by Gasteiger charge is -2.25. The van der Waals surface area contributed by atoms with E-state index in [1.807, 2.05) is 12.1 Å². The molecule has 1 aromatic rings. The summed E-state index contributed by atoms with van der Waals surface area (Å²) in [7, 11) is 2.00. The highest BCUT2D eigenvalue weighted by molar-refractivity contribution is 6.13. The number of hydrogen-bond acceptors (Lipinski definition) is 3. The number of aryl methyl sites for hydroxylation is 1. The van der Waals surface area contributed by atoms with Crippen LogP contribution in [0.1, 0.15) is 11.1 Å². The first-order valence-corrected chi connectivity index (χ1v) is 5.11. The first kappa shape index (κ1) is 8.53. The van der Waals surface area contributed by atoms with Crippen LogP contribution >= 0.6 is 0 Å². The van der Waals surface area contributed by atoms with Crippen molar-refractivity contribution in [1.82, 2.24) is 5.01 Å². The Morgan fingerprint density at radius 1 is 1.27 bits per heavy atom. The molecular weight excluding hydrogens is 186 g/mol. The highest BCUT2D eigenvalue weighted by Crippen LogP contribution is 2.32. The second-order valence-electron chi connectivity index (χ2n) is 4.03. The van der Waals surface area contributed by atoms with Crippen molar-refractivity contribution in [1.29, 1.82) is 0 Å². The molecule has 0 aromatic heterocycles. The third-order valence-corrected chi connectivity index (χ3v) is 2.85. The van der Waals surface area contributed by atoms with Crippen LogP contribution < -0.4 is 4.90 Å². The Hall–Kier alpha value is -1.77. The molecule has 2 heterocycles. The van der Waals surface area contributed by atoms with Crippen LogP contribution in [0.3, 0.4) is 0 Å². The Balaban J connectivity index is 2.19. The second kappa shape index (κ2) is 2.86. The van der Waals surface area contributed by atoms with Gasteiger partial charge in [-0.15, -0.1) is 0 Å². The van der Waals surface area contributed by atoms with Gasteiger partial charge in [0.1, 0.15) is 6.67 Å². The van der Waals surface area contributed by atoms with Crippen molar-refractivity contribution in [3.63, 3.8) is 0 Å². The molecule has 3 heteroatoms. The number of hydrazone groups is 1. The first-order chi connectivity index (χ1) is 7.25. The van der Waals surface area contributed by atoms with Crippen LogP contribution in [-0.4, -0.2) is 24.6 Å². The van der Waals surface area contributed by atoms with E-state index in [9.17, 15) is 0 Å². The van der Waals surface area contributed by atoms with Crippen LogP contribution in [0.25, 0.3) is 6.08 Å². The van der Waals surface area contributed by atoms with Crippen LogP contribution in [-0.2, 0) is 0 Å². The highest BCUT2D eigenvalue weighted by Gasteiger charge is 2.25. The normalized spacial score (nSPS) is 17.6. The number of anilines is 1. The zero-order valence-electron chi connectivity index (χ0n) is 8.94. The molecule has 0 saturated carbocycles. The Morgan fingerprint density at radius 3 is 3.00 bits per heavy atom. The lowest BCUT2D eigenvalue weighted by molar-refractivity contribution is 0.393. The maximum Gasteiger partial charge on any atom is 0.154 e. The van der Waals surface area contributed by atoms with E-state index in [2.05, 4.69) is 47.3 Å². The minimum atomic E-state index is 0.845. The molecule has 0 radical (unpaired) electrons. The number of rotatable bonds is 0. The Kier molecular flexibility index (Phi) is 1.63. The van der Waals surface area contributed by atoms with Gasteiger partial charge < -0.3 is 4.90 Å². The number of para-hydroxylation sites is 1. The first-order valence-electron chi connectivity index (χ1n) is 5.11. The molecule has 2 aliphatic heterocycles. The number of hydrogen-bond donors (Lipinski definition) is 0. The van der Waals surface area contributed by atoms with Crippen molar-refractivity contribution in [2.24, 2.45) is 5.10 Å². The Bertz CT molecular complexity index is 474. The molecule has 3 nitrogen and oxygen atoms in total. The predicted molar refractivity (Wildman–Crippen MR) is 62.8 cm³/mol. The van der Waals surface area contributed by atoms with Gasteiger partial charge in [0, 0.05) is 7.05 Å². The molecule has 15 heavy (non-hydrogen) atoms. The zero-order chi connectivity index (χ0) is 10.4. The van der Waals surface area contributed by atoms with Gasteiger partial charge in [-0.1, -0.05) is 18.2 Å². The quantitative estimate of drug-likeness (QED) is 0.636. The van der Waals surface area contributed by atoms with Crippen LogP contribution in [0.15, 0.2) is 29.4 Å². The summed E-state index contributed by atoms with van der Waals surface area (Å²) in [6.45, 7) is 2.99. The monoisotopic (exact) mass is 199 g/mol. The van der Waals surface area contributed by atoms with E-state index in [0.717, 1.165) is 12.5 Å². The van der Waals surface area contributed by atoms with Gasteiger partial charge in [0.25, 0.3) is 0 Å². The molecule has 0 atom stereocenters. The van der Waals surface area contributed by atoms with Crippen molar-refractivity contribution in [2.45, 2.75) is 6.92 Å². The van der Waals surface area contributed by atoms with Crippen molar-refractivity contribution >= 4 is 17.6 Å². The fraction of sp³-hybridized carbons (Fsp3) is 0.250. The molecule has 0 N–H and O–H groups in total. The predicted octanol–water partition coefficient (Wildman–Crippen LogP) is 2.04. The van der Waals surface area contributed by atoms with Gasteiger partial charge in [-0.05, 0) is 30.2 Å². The van der Waals surface area contributed by atoms with Gasteiger partial charge in [0.15, 0.2) is 5.84 Å². The van der Waals surface area contributed by atoms with E-state index in [-0.39, 0.29) is 0 Å². The summed E-state index contributed by atoms with van der Waals surface area (Å²) in [5.41, 5.74) is 3.88. The van der Waals surface area contributed by atoms with Crippen molar-refractivity contribution in [3.8, 4) is 0 Å². The van der Waals surface area contributed by atoms with E-state index in [4.69, 9.17) is 0 Å². The van der Waals surface area contributed by atoms with E-state index in [1.165, 1.54) is 16.8 Å². The van der Waals surface area contributed by atoms with Gasteiger partial charge >= 0.3 is 0 Å². The average molecular weight is 199 g/mol. The molecule has 0 bridgehead atoms. The van der Waals surface area contributed by atoms with Gasteiger partial charge in [0.2, 0.25) is 0 Å². The molecule has 0 spiro atoms. The molecule has 1 aromatic carbocycles. The van der Waals surface area contributed by atoms with E-state index in [1.54, 1.807) is 0 Å². The molecular formula is C12H13N3. The van der Waals surface area contributed by atoms with Crippen molar-refractivity contribution in [3.05, 3.63) is 35.4 Å². The molecule has 0 aliphatic carbocycles. The number of benzene rings is 1. The van der Waals surface area contributed by atoms with E-state index >= 15 is 0 Å². The molecule has 0 fully saturated rings. The third kappa shape index (κ3) is 1.16. The number of fused-ring (bicyclic) bond motifs is 3. The third-order valence-electron chi connectivity index (χ3n) is 2.85.